The third kappa shape index (κ3) is 4.99. The summed E-state index contributed by atoms with van der Waals surface area (Å²) in [5.74, 6) is 1.49. The number of nitrogens with two attached hydrogens (primary N) is 2. The van der Waals surface area contributed by atoms with Crippen LogP contribution in [0.5, 0.6) is 11.5 Å². The van der Waals surface area contributed by atoms with Crippen molar-refractivity contribution in [2.24, 2.45) is 11.5 Å². The zero-order valence-electron chi connectivity index (χ0n) is 13.0. The third-order valence-corrected chi connectivity index (χ3v) is 3.88. The van der Waals surface area contributed by atoms with E-state index in [1.165, 1.54) is 0 Å². The average molecular weight is 391 g/mol. The van der Waals surface area contributed by atoms with Crippen LogP contribution in [0.3, 0.4) is 0 Å². The SMILES string of the molecule is N=C(N)c1ccc(OCCCOc2ccc(C(=N)N)c(Br)c2)cc1. The summed E-state index contributed by atoms with van der Waals surface area (Å²) in [5.41, 5.74) is 12.2. The molecule has 0 unspecified atom stereocenters. The zero-order chi connectivity index (χ0) is 17.5. The van der Waals surface area contributed by atoms with Gasteiger partial charge in [-0.05, 0) is 58.4 Å². The molecule has 0 aliphatic rings. The van der Waals surface area contributed by atoms with E-state index in [2.05, 4.69) is 15.9 Å². The van der Waals surface area contributed by atoms with Gasteiger partial charge in [0.05, 0.1) is 13.2 Å². The average Bonchev–Trinajstić information content (AvgIpc) is 2.54. The van der Waals surface area contributed by atoms with Gasteiger partial charge in [0.2, 0.25) is 0 Å². The molecule has 0 bridgehead atoms. The number of benzene rings is 2. The second-order valence-electron chi connectivity index (χ2n) is 5.04. The molecule has 0 spiro atoms. The molecule has 6 N–H and O–H groups in total. The monoisotopic (exact) mass is 390 g/mol. The first-order valence-electron chi connectivity index (χ1n) is 7.31. The van der Waals surface area contributed by atoms with E-state index in [1.807, 2.05) is 0 Å². The Morgan fingerprint density at radius 1 is 0.875 bits per heavy atom. The fourth-order valence-electron chi connectivity index (χ4n) is 1.97. The third-order valence-electron chi connectivity index (χ3n) is 3.22. The molecule has 0 aromatic heterocycles. The maximum absolute atomic E-state index is 7.43. The number of nitrogen functional groups attached to an aromatic ring is 2. The van der Waals surface area contributed by atoms with E-state index < -0.39 is 0 Å². The van der Waals surface area contributed by atoms with Crippen molar-refractivity contribution in [2.75, 3.05) is 13.2 Å². The van der Waals surface area contributed by atoms with Gasteiger partial charge < -0.3 is 20.9 Å². The maximum atomic E-state index is 7.43. The maximum Gasteiger partial charge on any atom is 0.123 e. The molecule has 2 rings (SSSR count). The van der Waals surface area contributed by atoms with Crippen molar-refractivity contribution in [3.05, 3.63) is 58.1 Å². The molecule has 0 amide bonds. The number of hydrogen-bond acceptors (Lipinski definition) is 4. The Bertz CT molecular complexity index is 732. The summed E-state index contributed by atoms with van der Waals surface area (Å²) < 4.78 is 12.0. The van der Waals surface area contributed by atoms with E-state index >= 15 is 0 Å². The number of hydrogen-bond donors (Lipinski definition) is 4. The predicted octanol–water partition coefficient (Wildman–Crippen LogP) is 2.87. The number of nitrogens with one attached hydrogen (secondary N) is 2. The van der Waals surface area contributed by atoms with Crippen LogP contribution in [-0.2, 0) is 0 Å². The largest absolute Gasteiger partial charge is 0.493 e. The van der Waals surface area contributed by atoms with Crippen LogP contribution in [0.15, 0.2) is 46.9 Å². The minimum atomic E-state index is 0.0117. The van der Waals surface area contributed by atoms with Crippen molar-refractivity contribution in [2.45, 2.75) is 6.42 Å². The van der Waals surface area contributed by atoms with Gasteiger partial charge in [-0.3, -0.25) is 10.8 Å². The first-order valence-corrected chi connectivity index (χ1v) is 8.10. The molecule has 0 heterocycles. The van der Waals surface area contributed by atoms with Gasteiger partial charge in [-0.1, -0.05) is 0 Å². The van der Waals surface area contributed by atoms with Gasteiger partial charge in [0, 0.05) is 22.0 Å². The molecule has 0 saturated heterocycles. The number of rotatable bonds is 8. The van der Waals surface area contributed by atoms with Crippen LogP contribution in [0.1, 0.15) is 17.5 Å². The molecule has 2 aromatic carbocycles. The summed E-state index contributed by atoms with van der Waals surface area (Å²) in [7, 11) is 0. The molecule has 0 saturated carbocycles. The van der Waals surface area contributed by atoms with Gasteiger partial charge in [-0.2, -0.15) is 0 Å². The lowest BCUT2D eigenvalue weighted by Gasteiger charge is -2.10. The molecule has 6 nitrogen and oxygen atoms in total. The van der Waals surface area contributed by atoms with Crippen LogP contribution in [0.2, 0.25) is 0 Å². The molecule has 126 valence electrons. The van der Waals surface area contributed by atoms with Gasteiger partial charge in [0.1, 0.15) is 23.2 Å². The zero-order valence-corrected chi connectivity index (χ0v) is 14.6. The summed E-state index contributed by atoms with van der Waals surface area (Å²) >= 11 is 3.37. The van der Waals surface area contributed by atoms with Crippen molar-refractivity contribution in [1.29, 1.82) is 10.8 Å². The second kappa shape index (κ2) is 8.35. The Morgan fingerprint density at radius 3 is 2.00 bits per heavy atom. The highest BCUT2D eigenvalue weighted by atomic mass is 79.9. The molecular formula is C17H19BrN4O2. The Labute approximate surface area is 148 Å². The van der Waals surface area contributed by atoms with Crippen LogP contribution in [0.25, 0.3) is 0 Å². The lowest BCUT2D eigenvalue weighted by molar-refractivity contribution is 0.247. The van der Waals surface area contributed by atoms with Crippen LogP contribution >= 0.6 is 15.9 Å². The van der Waals surface area contributed by atoms with Gasteiger partial charge in [-0.25, -0.2) is 0 Å². The highest BCUT2D eigenvalue weighted by molar-refractivity contribution is 9.10. The van der Waals surface area contributed by atoms with Crippen LogP contribution in [0.4, 0.5) is 0 Å². The molecule has 2 aromatic rings. The Morgan fingerprint density at radius 2 is 1.46 bits per heavy atom. The van der Waals surface area contributed by atoms with E-state index in [0.717, 1.165) is 16.6 Å². The molecule has 0 aliphatic heterocycles. The highest BCUT2D eigenvalue weighted by Gasteiger charge is 2.05. The standard InChI is InChI=1S/C17H19BrN4O2/c18-15-10-13(6-7-14(15)17(21)22)24-9-1-8-23-12-4-2-11(3-5-12)16(19)20/h2-7,10H,1,8-9H2,(H3,19,20)(H3,21,22). The molecule has 24 heavy (non-hydrogen) atoms. The van der Waals surface area contributed by atoms with Crippen molar-refractivity contribution in [1.82, 2.24) is 0 Å². The summed E-state index contributed by atoms with van der Waals surface area (Å²) in [6, 6.07) is 12.4. The summed E-state index contributed by atoms with van der Waals surface area (Å²) in [6.07, 6.45) is 0.723. The van der Waals surface area contributed by atoms with E-state index in [4.69, 9.17) is 31.8 Å². The van der Waals surface area contributed by atoms with Crippen molar-refractivity contribution in [3.8, 4) is 11.5 Å². The van der Waals surface area contributed by atoms with Crippen molar-refractivity contribution in [3.63, 3.8) is 0 Å². The van der Waals surface area contributed by atoms with Gasteiger partial charge in [0.25, 0.3) is 0 Å². The Kier molecular flexibility index (Phi) is 6.20. The number of halogens is 1. The minimum absolute atomic E-state index is 0.0117. The van der Waals surface area contributed by atoms with Crippen molar-refractivity contribution < 1.29 is 9.47 Å². The normalized spacial score (nSPS) is 10.2. The van der Waals surface area contributed by atoms with E-state index in [1.54, 1.807) is 42.5 Å². The first kappa shape index (κ1) is 17.8. The molecule has 0 atom stereocenters. The van der Waals surface area contributed by atoms with E-state index in [-0.39, 0.29) is 11.7 Å². The Balaban J connectivity index is 1.74. The fourth-order valence-corrected chi connectivity index (χ4v) is 2.55. The van der Waals surface area contributed by atoms with Crippen molar-refractivity contribution >= 4 is 27.6 Å². The lowest BCUT2D eigenvalue weighted by Crippen LogP contribution is -2.12. The van der Waals surface area contributed by atoms with Gasteiger partial charge >= 0.3 is 0 Å². The molecule has 0 fully saturated rings. The topological polar surface area (TPSA) is 118 Å². The van der Waals surface area contributed by atoms with E-state index in [9.17, 15) is 0 Å². The minimum Gasteiger partial charge on any atom is -0.493 e. The van der Waals surface area contributed by atoms with Gasteiger partial charge in [-0.15, -0.1) is 0 Å². The number of amidine groups is 2. The van der Waals surface area contributed by atoms with Crippen LogP contribution in [0, 0.1) is 10.8 Å². The smallest absolute Gasteiger partial charge is 0.123 e. The van der Waals surface area contributed by atoms with E-state index in [0.29, 0.717) is 30.1 Å². The molecule has 0 aliphatic carbocycles. The first-order chi connectivity index (χ1) is 11.5. The summed E-state index contributed by atoms with van der Waals surface area (Å²) in [5, 5.41) is 14.8. The molecule has 7 heteroatoms. The molecular weight excluding hydrogens is 372 g/mol. The molecule has 0 radical (unpaired) electrons. The second-order valence-corrected chi connectivity index (χ2v) is 5.90. The summed E-state index contributed by atoms with van der Waals surface area (Å²) in [4.78, 5) is 0. The summed E-state index contributed by atoms with van der Waals surface area (Å²) in [6.45, 7) is 1.03. The predicted molar refractivity (Wildman–Crippen MR) is 98.2 cm³/mol. The lowest BCUT2D eigenvalue weighted by atomic mass is 10.2. The highest BCUT2D eigenvalue weighted by Crippen LogP contribution is 2.23. The quantitative estimate of drug-likeness (QED) is 0.314. The van der Waals surface area contributed by atoms with Crippen LogP contribution < -0.4 is 20.9 Å². The fraction of sp³-hybridized carbons (Fsp3) is 0.176. The van der Waals surface area contributed by atoms with Crippen LogP contribution in [-0.4, -0.2) is 24.9 Å². The van der Waals surface area contributed by atoms with Gasteiger partial charge in [0.15, 0.2) is 0 Å². The Hall–Kier alpha value is -2.54. The number of ether oxygens (including phenoxy) is 2.